The Morgan fingerprint density at radius 2 is 2.19 bits per heavy atom. The number of aliphatic imine (C=N–C) groups is 1. The van der Waals surface area contributed by atoms with Crippen molar-refractivity contribution in [1.82, 2.24) is 0 Å². The number of hydrogen-bond acceptors (Lipinski definition) is 2. The Morgan fingerprint density at radius 1 is 1.50 bits per heavy atom. The molecule has 0 spiro atoms. The highest BCUT2D eigenvalue weighted by atomic mass is 19.1. The van der Waals surface area contributed by atoms with Gasteiger partial charge in [0.05, 0.1) is 5.54 Å². The average molecular weight is 223 g/mol. The van der Waals surface area contributed by atoms with Crippen molar-refractivity contribution in [3.63, 3.8) is 0 Å². The predicted molar refractivity (Wildman–Crippen MR) is 55.0 cm³/mol. The number of nitrogens with zero attached hydrogens (tertiary/aromatic N) is 1. The van der Waals surface area contributed by atoms with Gasteiger partial charge in [-0.05, 0) is 37.0 Å². The summed E-state index contributed by atoms with van der Waals surface area (Å²) in [6.45, 7) is 0.837. The van der Waals surface area contributed by atoms with E-state index in [0.717, 1.165) is 12.8 Å². The van der Waals surface area contributed by atoms with Gasteiger partial charge < -0.3 is 0 Å². The maximum atomic E-state index is 13.5. The minimum Gasteiger partial charge on any atom is -0.246 e. The van der Waals surface area contributed by atoms with Crippen LogP contribution in [0.15, 0.2) is 17.1 Å². The normalized spacial score (nSPS) is 16.7. The van der Waals surface area contributed by atoms with Gasteiger partial charge in [0.2, 0.25) is 6.08 Å². The smallest absolute Gasteiger partial charge is 0.235 e. The molecule has 0 atom stereocenters. The summed E-state index contributed by atoms with van der Waals surface area (Å²) in [6.07, 6.45) is 2.95. The molecule has 0 aliphatic heterocycles. The van der Waals surface area contributed by atoms with Crippen LogP contribution in [0.3, 0.4) is 0 Å². The van der Waals surface area contributed by atoms with Crippen LogP contribution in [0.5, 0.6) is 0 Å². The lowest BCUT2D eigenvalue weighted by atomic mass is 9.99. The Kier molecular flexibility index (Phi) is 2.60. The van der Waals surface area contributed by atoms with E-state index in [2.05, 4.69) is 4.99 Å². The summed E-state index contributed by atoms with van der Waals surface area (Å²) in [4.78, 5) is 14.0. The van der Waals surface area contributed by atoms with Crippen LogP contribution < -0.4 is 0 Å². The Morgan fingerprint density at radius 3 is 2.62 bits per heavy atom. The van der Waals surface area contributed by atoms with Crippen LogP contribution in [-0.2, 0) is 17.0 Å². The van der Waals surface area contributed by atoms with Crippen LogP contribution in [0, 0.1) is 12.7 Å². The van der Waals surface area contributed by atoms with Gasteiger partial charge in [0, 0.05) is 5.56 Å². The first-order valence-electron chi connectivity index (χ1n) is 5.07. The van der Waals surface area contributed by atoms with Crippen molar-refractivity contribution in [2.75, 3.05) is 0 Å². The monoisotopic (exact) mass is 223 g/mol. The molecule has 16 heavy (non-hydrogen) atoms. The molecule has 0 aromatic heterocycles. The Labute approximate surface area is 92.0 Å². The third-order valence-electron chi connectivity index (χ3n) is 3.07. The first kappa shape index (κ1) is 11.0. The molecule has 1 aromatic carbocycles. The van der Waals surface area contributed by atoms with E-state index in [1.54, 1.807) is 13.0 Å². The molecule has 2 nitrogen and oxygen atoms in total. The van der Waals surface area contributed by atoms with Crippen molar-refractivity contribution in [3.8, 4) is 0 Å². The fourth-order valence-corrected chi connectivity index (χ4v) is 1.88. The zero-order valence-electron chi connectivity index (χ0n) is 8.89. The van der Waals surface area contributed by atoms with E-state index in [-0.39, 0.29) is 5.56 Å². The molecular weight excluding hydrogens is 212 g/mol. The molecule has 4 heteroatoms. The van der Waals surface area contributed by atoms with Crippen LogP contribution >= 0.6 is 0 Å². The molecule has 1 aliphatic carbocycles. The molecule has 0 radical (unpaired) electrons. The minimum atomic E-state index is -0.818. The topological polar surface area (TPSA) is 29.4 Å². The molecule has 2 rings (SSSR count). The average Bonchev–Trinajstić information content (AvgIpc) is 2.99. The van der Waals surface area contributed by atoms with Crippen LogP contribution in [0.2, 0.25) is 0 Å². The number of carbonyl (C=O) groups excluding carboxylic acids is 1. The quantitative estimate of drug-likeness (QED) is 0.572. The summed E-state index contributed by atoms with van der Waals surface area (Å²) in [5, 5.41) is 0. The van der Waals surface area contributed by atoms with Crippen molar-refractivity contribution in [2.45, 2.75) is 32.0 Å². The van der Waals surface area contributed by atoms with Gasteiger partial charge in [-0.2, -0.15) is 4.99 Å². The highest BCUT2D eigenvalue weighted by Crippen LogP contribution is 2.49. The molecule has 0 amide bonds. The summed E-state index contributed by atoms with van der Waals surface area (Å²) in [5.41, 5.74) is 0.685. The standard InChI is InChI=1S/C12H11F2NO/c1-8-4-9(5-11(14)10(8)6-13)12(2-3-12)15-7-16/h4-5H,2-3,6H2,1H3. The number of halogens is 2. The second kappa shape index (κ2) is 3.80. The number of aryl methyl sites for hydroxylation is 1. The molecule has 1 fully saturated rings. The van der Waals surface area contributed by atoms with Crippen molar-refractivity contribution < 1.29 is 13.6 Å². The van der Waals surface area contributed by atoms with Gasteiger partial charge in [-0.3, -0.25) is 0 Å². The highest BCUT2D eigenvalue weighted by Gasteiger charge is 2.45. The lowest BCUT2D eigenvalue weighted by Gasteiger charge is -2.12. The summed E-state index contributed by atoms with van der Waals surface area (Å²) < 4.78 is 26.0. The number of hydrogen-bond donors (Lipinski definition) is 0. The Bertz CT molecular complexity index is 451. The SMILES string of the molecule is Cc1cc(C2(N=C=O)CC2)cc(F)c1CF. The van der Waals surface area contributed by atoms with Gasteiger partial charge in [-0.1, -0.05) is 6.07 Å². The largest absolute Gasteiger partial charge is 0.246 e. The van der Waals surface area contributed by atoms with E-state index in [0.29, 0.717) is 11.1 Å². The van der Waals surface area contributed by atoms with Crippen molar-refractivity contribution >= 4 is 6.08 Å². The van der Waals surface area contributed by atoms with E-state index in [4.69, 9.17) is 0 Å². The fraction of sp³-hybridized carbons (Fsp3) is 0.417. The maximum Gasteiger partial charge on any atom is 0.235 e. The van der Waals surface area contributed by atoms with Crippen LogP contribution in [0.4, 0.5) is 8.78 Å². The summed E-state index contributed by atoms with van der Waals surface area (Å²) in [5.74, 6) is -0.565. The minimum absolute atomic E-state index is 0.0784. The van der Waals surface area contributed by atoms with Crippen LogP contribution in [0.1, 0.15) is 29.5 Å². The molecular formula is C12H11F2NO. The zero-order chi connectivity index (χ0) is 11.8. The second-order valence-electron chi connectivity index (χ2n) is 4.12. The molecule has 1 saturated carbocycles. The van der Waals surface area contributed by atoms with Crippen LogP contribution in [-0.4, -0.2) is 6.08 Å². The number of alkyl halides is 1. The Balaban J connectivity index is 2.48. The summed E-state index contributed by atoms with van der Waals surface area (Å²) in [6, 6.07) is 2.97. The number of rotatable bonds is 3. The third kappa shape index (κ3) is 1.65. The van der Waals surface area contributed by atoms with Gasteiger partial charge in [0.15, 0.2) is 0 Å². The van der Waals surface area contributed by atoms with E-state index in [9.17, 15) is 13.6 Å². The predicted octanol–water partition coefficient (Wildman–Crippen LogP) is 2.93. The summed E-state index contributed by atoms with van der Waals surface area (Å²) >= 11 is 0. The molecule has 1 aliphatic rings. The maximum absolute atomic E-state index is 13.5. The van der Waals surface area contributed by atoms with Gasteiger partial charge >= 0.3 is 0 Å². The van der Waals surface area contributed by atoms with Gasteiger partial charge in [-0.15, -0.1) is 0 Å². The highest BCUT2D eigenvalue weighted by molar-refractivity contribution is 5.44. The van der Waals surface area contributed by atoms with E-state index in [1.807, 2.05) is 0 Å². The van der Waals surface area contributed by atoms with E-state index in [1.165, 1.54) is 12.1 Å². The Hall–Kier alpha value is -1.54. The first-order valence-corrected chi connectivity index (χ1v) is 5.07. The molecule has 0 unspecified atom stereocenters. The van der Waals surface area contributed by atoms with Gasteiger partial charge in [0.1, 0.15) is 12.5 Å². The number of isocyanates is 1. The lowest BCUT2D eigenvalue weighted by molar-refractivity contribution is 0.460. The second-order valence-corrected chi connectivity index (χ2v) is 4.12. The van der Waals surface area contributed by atoms with Crippen molar-refractivity contribution in [2.24, 2.45) is 4.99 Å². The molecule has 0 heterocycles. The molecule has 1 aromatic rings. The van der Waals surface area contributed by atoms with E-state index < -0.39 is 18.0 Å². The fourth-order valence-electron chi connectivity index (χ4n) is 1.88. The lowest BCUT2D eigenvalue weighted by Crippen LogP contribution is -2.05. The first-order chi connectivity index (χ1) is 7.63. The zero-order valence-corrected chi connectivity index (χ0v) is 8.89. The van der Waals surface area contributed by atoms with E-state index >= 15 is 0 Å². The van der Waals surface area contributed by atoms with Gasteiger partial charge in [-0.25, -0.2) is 13.6 Å². The number of benzene rings is 1. The van der Waals surface area contributed by atoms with Crippen molar-refractivity contribution in [1.29, 1.82) is 0 Å². The van der Waals surface area contributed by atoms with Gasteiger partial charge in [0.25, 0.3) is 0 Å². The summed E-state index contributed by atoms with van der Waals surface area (Å²) in [7, 11) is 0. The third-order valence-corrected chi connectivity index (χ3v) is 3.07. The molecule has 84 valence electrons. The molecule has 0 saturated heterocycles. The van der Waals surface area contributed by atoms with Crippen molar-refractivity contribution in [3.05, 3.63) is 34.6 Å². The molecule has 0 bridgehead atoms. The van der Waals surface area contributed by atoms with Crippen LogP contribution in [0.25, 0.3) is 0 Å². The molecule has 0 N–H and O–H groups in total.